The zero-order valence-corrected chi connectivity index (χ0v) is 17.1. The molecule has 7 heteroatoms. The summed E-state index contributed by atoms with van der Waals surface area (Å²) in [4.78, 5) is 24.6. The highest BCUT2D eigenvalue weighted by atomic mass is 32.1. The molecule has 28 heavy (non-hydrogen) atoms. The molecule has 0 aliphatic heterocycles. The van der Waals surface area contributed by atoms with Crippen LogP contribution in [-0.4, -0.2) is 30.6 Å². The minimum atomic E-state index is -0.380. The zero-order chi connectivity index (χ0) is 20.5. The van der Waals surface area contributed by atoms with E-state index in [1.807, 2.05) is 6.07 Å². The molecule has 0 saturated carbocycles. The third kappa shape index (κ3) is 6.06. The summed E-state index contributed by atoms with van der Waals surface area (Å²) in [5.41, 5.74) is 1.34. The van der Waals surface area contributed by atoms with Gasteiger partial charge in [0.15, 0.2) is 5.11 Å². The fraction of sp³-hybridized carbons (Fsp3) is 0.286. The van der Waals surface area contributed by atoms with Gasteiger partial charge in [-0.2, -0.15) is 0 Å². The molecule has 148 valence electrons. The first-order chi connectivity index (χ1) is 13.4. The Balaban J connectivity index is 2.06. The van der Waals surface area contributed by atoms with E-state index in [1.165, 1.54) is 0 Å². The lowest BCUT2D eigenvalue weighted by molar-refractivity contribution is 0.0960. The predicted molar refractivity (Wildman–Crippen MR) is 115 cm³/mol. The SMILES string of the molecule is CNC(=O)c1ccccc1NC(=S)NC(=O)c1ccccc1OCCC(C)C. The van der Waals surface area contributed by atoms with Gasteiger partial charge in [0.1, 0.15) is 5.75 Å². The molecule has 2 rings (SSSR count). The lowest BCUT2D eigenvalue weighted by atomic mass is 10.1. The monoisotopic (exact) mass is 399 g/mol. The number of para-hydroxylation sites is 2. The Kier molecular flexibility index (Phi) is 7.95. The van der Waals surface area contributed by atoms with E-state index in [0.717, 1.165) is 6.42 Å². The maximum Gasteiger partial charge on any atom is 0.261 e. The van der Waals surface area contributed by atoms with Gasteiger partial charge in [0.2, 0.25) is 0 Å². The first kappa shape index (κ1) is 21.4. The number of benzene rings is 2. The molecule has 0 aromatic heterocycles. The molecule has 0 heterocycles. The Labute approximate surface area is 170 Å². The maximum atomic E-state index is 12.6. The van der Waals surface area contributed by atoms with E-state index in [-0.39, 0.29) is 16.9 Å². The van der Waals surface area contributed by atoms with Gasteiger partial charge in [0, 0.05) is 7.05 Å². The Morgan fingerprint density at radius 2 is 1.64 bits per heavy atom. The number of hydrogen-bond acceptors (Lipinski definition) is 4. The van der Waals surface area contributed by atoms with Crippen LogP contribution in [0.4, 0.5) is 5.69 Å². The number of amides is 2. The summed E-state index contributed by atoms with van der Waals surface area (Å²) in [6.07, 6.45) is 0.895. The first-order valence-corrected chi connectivity index (χ1v) is 9.48. The van der Waals surface area contributed by atoms with Crippen LogP contribution >= 0.6 is 12.2 Å². The second kappa shape index (κ2) is 10.4. The summed E-state index contributed by atoms with van der Waals surface area (Å²) in [6, 6.07) is 13.9. The van der Waals surface area contributed by atoms with E-state index < -0.39 is 0 Å². The van der Waals surface area contributed by atoms with Gasteiger partial charge in [-0.15, -0.1) is 0 Å². The number of thiocarbonyl (C=S) groups is 1. The topological polar surface area (TPSA) is 79.5 Å². The number of carbonyl (C=O) groups is 2. The molecule has 0 bridgehead atoms. The van der Waals surface area contributed by atoms with Gasteiger partial charge >= 0.3 is 0 Å². The van der Waals surface area contributed by atoms with Gasteiger partial charge in [-0.25, -0.2) is 0 Å². The highest BCUT2D eigenvalue weighted by Gasteiger charge is 2.15. The van der Waals surface area contributed by atoms with Crippen molar-refractivity contribution < 1.29 is 14.3 Å². The standard InChI is InChI=1S/C21H25N3O3S/c1-14(2)12-13-27-18-11-7-5-9-16(18)20(26)24-21(28)23-17-10-6-4-8-15(17)19(25)22-3/h4-11,14H,12-13H2,1-3H3,(H,22,25)(H2,23,24,26,28). The van der Waals surface area contributed by atoms with Gasteiger partial charge in [0.05, 0.1) is 23.4 Å². The average molecular weight is 400 g/mol. The summed E-state index contributed by atoms with van der Waals surface area (Å²) in [7, 11) is 1.55. The Morgan fingerprint density at radius 3 is 2.32 bits per heavy atom. The van der Waals surface area contributed by atoms with Gasteiger partial charge in [-0.1, -0.05) is 38.1 Å². The highest BCUT2D eigenvalue weighted by Crippen LogP contribution is 2.19. The van der Waals surface area contributed by atoms with Crippen molar-refractivity contribution in [2.45, 2.75) is 20.3 Å². The van der Waals surface area contributed by atoms with Crippen molar-refractivity contribution in [3.05, 3.63) is 59.7 Å². The zero-order valence-electron chi connectivity index (χ0n) is 16.2. The Hall–Kier alpha value is -2.93. The molecule has 0 radical (unpaired) electrons. The van der Waals surface area contributed by atoms with Crippen LogP contribution < -0.4 is 20.7 Å². The van der Waals surface area contributed by atoms with E-state index in [2.05, 4.69) is 29.8 Å². The molecule has 3 N–H and O–H groups in total. The van der Waals surface area contributed by atoms with Gasteiger partial charge in [0.25, 0.3) is 11.8 Å². The van der Waals surface area contributed by atoms with Crippen molar-refractivity contribution in [2.75, 3.05) is 19.0 Å². The number of hydrogen-bond donors (Lipinski definition) is 3. The minimum absolute atomic E-state index is 0.0957. The van der Waals surface area contributed by atoms with Crippen LogP contribution in [0.25, 0.3) is 0 Å². The third-order valence-corrected chi connectivity index (χ3v) is 4.16. The number of carbonyl (C=O) groups excluding carboxylic acids is 2. The quantitative estimate of drug-likeness (QED) is 0.620. The molecule has 2 aromatic rings. The lowest BCUT2D eigenvalue weighted by Gasteiger charge is -2.15. The van der Waals surface area contributed by atoms with Crippen molar-refractivity contribution in [1.82, 2.24) is 10.6 Å². The number of rotatable bonds is 7. The van der Waals surface area contributed by atoms with E-state index >= 15 is 0 Å². The van der Waals surface area contributed by atoms with Gasteiger partial charge < -0.3 is 15.4 Å². The maximum absolute atomic E-state index is 12.6. The molecule has 0 aliphatic carbocycles. The molecule has 0 aliphatic rings. The molecular formula is C21H25N3O3S. The summed E-state index contributed by atoms with van der Waals surface area (Å²) >= 11 is 5.24. The first-order valence-electron chi connectivity index (χ1n) is 9.07. The summed E-state index contributed by atoms with van der Waals surface area (Å²) in [5.74, 6) is 0.392. The van der Waals surface area contributed by atoms with Crippen molar-refractivity contribution in [1.29, 1.82) is 0 Å². The van der Waals surface area contributed by atoms with Crippen LogP contribution in [0.3, 0.4) is 0 Å². The van der Waals surface area contributed by atoms with Gasteiger partial charge in [-0.3, -0.25) is 14.9 Å². The summed E-state index contributed by atoms with van der Waals surface area (Å²) < 4.78 is 5.76. The molecular weight excluding hydrogens is 374 g/mol. The average Bonchev–Trinajstić information content (AvgIpc) is 2.67. The number of anilines is 1. The fourth-order valence-electron chi connectivity index (χ4n) is 2.43. The molecule has 2 aromatic carbocycles. The fourth-order valence-corrected chi connectivity index (χ4v) is 2.64. The molecule has 0 saturated heterocycles. The molecule has 0 spiro atoms. The van der Waals surface area contributed by atoms with Crippen LogP contribution in [0.2, 0.25) is 0 Å². The molecule has 2 amide bonds. The van der Waals surface area contributed by atoms with E-state index in [1.54, 1.807) is 49.5 Å². The molecule has 0 unspecified atom stereocenters. The normalized spacial score (nSPS) is 10.3. The van der Waals surface area contributed by atoms with E-state index in [0.29, 0.717) is 35.1 Å². The van der Waals surface area contributed by atoms with E-state index in [4.69, 9.17) is 17.0 Å². The predicted octanol–water partition coefficient (Wildman–Crippen LogP) is 3.60. The molecule has 0 fully saturated rings. The van der Waals surface area contributed by atoms with Crippen molar-refractivity contribution in [3.63, 3.8) is 0 Å². The van der Waals surface area contributed by atoms with Crippen LogP contribution in [0.1, 0.15) is 41.0 Å². The van der Waals surface area contributed by atoms with Crippen molar-refractivity contribution >= 4 is 34.8 Å². The van der Waals surface area contributed by atoms with Crippen LogP contribution in [0.15, 0.2) is 48.5 Å². The lowest BCUT2D eigenvalue weighted by Crippen LogP contribution is -2.35. The minimum Gasteiger partial charge on any atom is -0.493 e. The number of ether oxygens (including phenoxy) is 1. The van der Waals surface area contributed by atoms with Crippen LogP contribution in [-0.2, 0) is 0 Å². The number of nitrogens with one attached hydrogen (secondary N) is 3. The van der Waals surface area contributed by atoms with Gasteiger partial charge in [-0.05, 0) is 48.8 Å². The second-order valence-corrected chi connectivity index (χ2v) is 6.97. The van der Waals surface area contributed by atoms with Crippen molar-refractivity contribution in [2.24, 2.45) is 5.92 Å². The summed E-state index contributed by atoms with van der Waals surface area (Å²) in [5, 5.41) is 8.21. The second-order valence-electron chi connectivity index (χ2n) is 6.56. The smallest absolute Gasteiger partial charge is 0.261 e. The van der Waals surface area contributed by atoms with Crippen molar-refractivity contribution in [3.8, 4) is 5.75 Å². The van der Waals surface area contributed by atoms with E-state index in [9.17, 15) is 9.59 Å². The third-order valence-electron chi connectivity index (χ3n) is 3.96. The molecule has 0 atom stereocenters. The molecule has 6 nitrogen and oxygen atoms in total. The van der Waals surface area contributed by atoms with Crippen LogP contribution in [0, 0.1) is 5.92 Å². The Bertz CT molecular complexity index is 852. The Morgan fingerprint density at radius 1 is 1.00 bits per heavy atom. The van der Waals surface area contributed by atoms with Crippen LogP contribution in [0.5, 0.6) is 5.75 Å². The largest absolute Gasteiger partial charge is 0.493 e. The highest BCUT2D eigenvalue weighted by molar-refractivity contribution is 7.80. The summed E-state index contributed by atoms with van der Waals surface area (Å²) in [6.45, 7) is 4.76.